The average molecular weight is 545 g/mol. The molecule has 0 saturated carbocycles. The number of nitrogens with zero attached hydrogens (tertiary/aromatic N) is 1. The van der Waals surface area contributed by atoms with Crippen molar-refractivity contribution in [1.82, 2.24) is 20.9 Å². The Morgan fingerprint density at radius 1 is 1.18 bits per heavy atom. The van der Waals surface area contributed by atoms with Gasteiger partial charge in [0.1, 0.15) is 11.6 Å². The first kappa shape index (κ1) is 30.5. The van der Waals surface area contributed by atoms with Gasteiger partial charge in [-0.3, -0.25) is 14.6 Å². The maximum Gasteiger partial charge on any atom is 0.220 e. The highest BCUT2D eigenvalue weighted by Crippen LogP contribution is 2.20. The first-order chi connectivity index (χ1) is 18.9. The molecule has 3 atom stereocenters. The number of aliphatic hydroxyl groups excluding tert-OH is 1. The summed E-state index contributed by atoms with van der Waals surface area (Å²) >= 11 is 0. The first-order valence-electron chi connectivity index (χ1n) is 13.6. The summed E-state index contributed by atoms with van der Waals surface area (Å²) in [5.74, 6) is -0.489. The van der Waals surface area contributed by atoms with Crippen molar-refractivity contribution in [3.05, 3.63) is 59.2 Å². The van der Waals surface area contributed by atoms with E-state index in [0.717, 1.165) is 17.5 Å². The lowest BCUT2D eigenvalue weighted by Crippen LogP contribution is -2.48. The van der Waals surface area contributed by atoms with Gasteiger partial charge in [-0.25, -0.2) is 4.39 Å². The number of aliphatic hydroxyl groups is 1. The fraction of sp³-hybridized carbons (Fsp3) is 0.552. The van der Waals surface area contributed by atoms with Crippen LogP contribution in [0.25, 0.3) is 0 Å². The summed E-state index contributed by atoms with van der Waals surface area (Å²) in [7, 11) is 1.60. The monoisotopic (exact) mass is 544 g/mol. The molecule has 2 bridgehead atoms. The van der Waals surface area contributed by atoms with E-state index in [1.54, 1.807) is 19.4 Å². The second-order valence-corrected chi connectivity index (χ2v) is 10.1. The van der Waals surface area contributed by atoms with Crippen LogP contribution >= 0.6 is 0 Å². The van der Waals surface area contributed by atoms with E-state index in [0.29, 0.717) is 50.5 Å². The molecular weight excluding hydrogens is 503 g/mol. The molecule has 1 aliphatic heterocycles. The largest absolute Gasteiger partial charge is 0.493 e. The molecule has 1 aliphatic rings. The summed E-state index contributed by atoms with van der Waals surface area (Å²) < 4.78 is 25.7. The molecule has 2 amide bonds. The van der Waals surface area contributed by atoms with Crippen LogP contribution in [0.2, 0.25) is 0 Å². The number of methoxy groups -OCH3 is 1. The van der Waals surface area contributed by atoms with Crippen LogP contribution in [0.5, 0.6) is 5.75 Å². The third-order valence-corrected chi connectivity index (χ3v) is 6.71. The van der Waals surface area contributed by atoms with Crippen LogP contribution in [-0.4, -0.2) is 67.5 Å². The van der Waals surface area contributed by atoms with Crippen LogP contribution < -0.4 is 20.7 Å². The van der Waals surface area contributed by atoms with E-state index in [1.807, 2.05) is 6.20 Å². The van der Waals surface area contributed by atoms with Gasteiger partial charge in [-0.1, -0.05) is 13.0 Å². The van der Waals surface area contributed by atoms with Gasteiger partial charge >= 0.3 is 0 Å². The minimum atomic E-state index is -0.944. The SMILES string of the molecule is CCc1cncc(CNC[C@@H](O)[C@@H]2Cc3cc(F)cc(c3)OCC(COC)CCNC(=O)CCCC(=O)N2)c1. The molecule has 39 heavy (non-hydrogen) atoms. The van der Waals surface area contributed by atoms with Crippen LogP contribution in [-0.2, 0) is 33.7 Å². The molecule has 9 nitrogen and oxygen atoms in total. The maximum atomic E-state index is 14.5. The third kappa shape index (κ3) is 10.9. The minimum Gasteiger partial charge on any atom is -0.493 e. The Labute approximate surface area is 229 Å². The molecule has 0 spiro atoms. The lowest BCUT2D eigenvalue weighted by molar-refractivity contribution is -0.123. The number of benzene rings is 1. The van der Waals surface area contributed by atoms with E-state index < -0.39 is 18.0 Å². The molecule has 1 aromatic carbocycles. The summed E-state index contributed by atoms with van der Waals surface area (Å²) in [5, 5.41) is 20.0. The van der Waals surface area contributed by atoms with Crippen molar-refractivity contribution in [1.29, 1.82) is 0 Å². The number of nitrogens with one attached hydrogen (secondary N) is 3. The number of aromatic nitrogens is 1. The van der Waals surface area contributed by atoms with E-state index >= 15 is 0 Å². The summed E-state index contributed by atoms with van der Waals surface area (Å²) in [5.41, 5.74) is 2.72. The van der Waals surface area contributed by atoms with Gasteiger partial charge in [-0.2, -0.15) is 0 Å². The molecule has 10 heteroatoms. The molecule has 4 N–H and O–H groups in total. The normalized spacial score (nSPS) is 20.3. The molecule has 2 heterocycles. The van der Waals surface area contributed by atoms with E-state index in [-0.39, 0.29) is 43.5 Å². The summed E-state index contributed by atoms with van der Waals surface area (Å²) in [6.45, 7) is 3.97. The number of hydrogen-bond donors (Lipinski definition) is 4. The second kappa shape index (κ2) is 16.1. The minimum absolute atomic E-state index is 0.00908. The van der Waals surface area contributed by atoms with E-state index in [9.17, 15) is 19.1 Å². The van der Waals surface area contributed by atoms with Crippen LogP contribution in [0.3, 0.4) is 0 Å². The highest BCUT2D eigenvalue weighted by molar-refractivity contribution is 5.79. The number of amides is 2. The van der Waals surface area contributed by atoms with Crippen molar-refractivity contribution in [2.24, 2.45) is 5.92 Å². The van der Waals surface area contributed by atoms with Crippen molar-refractivity contribution >= 4 is 11.8 Å². The smallest absolute Gasteiger partial charge is 0.220 e. The first-order valence-corrected chi connectivity index (χ1v) is 13.6. The van der Waals surface area contributed by atoms with Crippen molar-refractivity contribution in [2.75, 3.05) is 33.4 Å². The fourth-order valence-corrected chi connectivity index (χ4v) is 4.55. The molecule has 2 aromatic rings. The number of ether oxygens (including phenoxy) is 2. The van der Waals surface area contributed by atoms with Gasteiger partial charge in [0.25, 0.3) is 0 Å². The number of fused-ring (bicyclic) bond motifs is 2. The van der Waals surface area contributed by atoms with Gasteiger partial charge in [0.15, 0.2) is 0 Å². The third-order valence-electron chi connectivity index (χ3n) is 6.71. The Hall–Kier alpha value is -3.08. The number of carbonyl (C=O) groups excluding carboxylic acids is 2. The lowest BCUT2D eigenvalue weighted by Gasteiger charge is -2.25. The van der Waals surface area contributed by atoms with E-state index in [2.05, 4.69) is 33.9 Å². The van der Waals surface area contributed by atoms with Gasteiger partial charge in [0.05, 0.1) is 25.4 Å². The summed E-state index contributed by atoms with van der Waals surface area (Å²) in [4.78, 5) is 29.2. The molecule has 1 aromatic heterocycles. The lowest BCUT2D eigenvalue weighted by atomic mass is 10.00. The molecule has 0 fully saturated rings. The standard InChI is InChI=1S/C29H41FN4O5/c1-3-20-9-23(15-31-14-20)16-32-17-27(35)26-12-22-10-24(30)13-25(11-22)39-19-21(18-38-2)7-8-33-28(36)5-4-6-29(37)34-26/h9-11,13-15,21,26-27,32,35H,3-8,12,16-19H2,1-2H3,(H,33,36)(H,34,37)/t21?,26-,27+/m0/s1. The quantitative estimate of drug-likeness (QED) is 0.402. The van der Waals surface area contributed by atoms with Crippen LogP contribution in [0.15, 0.2) is 36.7 Å². The van der Waals surface area contributed by atoms with Crippen molar-refractivity contribution in [3.63, 3.8) is 0 Å². The number of halogens is 1. The molecule has 0 radical (unpaired) electrons. The van der Waals surface area contributed by atoms with Crippen LogP contribution in [0.4, 0.5) is 4.39 Å². The second-order valence-electron chi connectivity index (χ2n) is 10.1. The van der Waals surface area contributed by atoms with Crippen molar-refractivity contribution < 1.29 is 28.6 Å². The Morgan fingerprint density at radius 3 is 2.77 bits per heavy atom. The number of rotatable bonds is 8. The van der Waals surface area contributed by atoms with Gasteiger partial charge < -0.3 is 30.5 Å². The zero-order valence-corrected chi connectivity index (χ0v) is 22.9. The number of pyridine rings is 1. The van der Waals surface area contributed by atoms with Gasteiger partial charge in [-0.05, 0) is 54.5 Å². The van der Waals surface area contributed by atoms with Gasteiger partial charge in [-0.15, -0.1) is 0 Å². The zero-order chi connectivity index (χ0) is 28.0. The predicted octanol–water partition coefficient (Wildman–Crippen LogP) is 2.29. The van der Waals surface area contributed by atoms with E-state index in [4.69, 9.17) is 9.47 Å². The van der Waals surface area contributed by atoms with Gasteiger partial charge in [0.2, 0.25) is 11.8 Å². The van der Waals surface area contributed by atoms with Crippen LogP contribution in [0, 0.1) is 11.7 Å². The summed E-state index contributed by atoms with van der Waals surface area (Å²) in [6, 6.07) is 5.81. The fourth-order valence-electron chi connectivity index (χ4n) is 4.55. The number of carbonyl (C=O) groups is 2. The highest BCUT2D eigenvalue weighted by atomic mass is 19.1. The predicted molar refractivity (Wildman–Crippen MR) is 146 cm³/mol. The van der Waals surface area contributed by atoms with Gasteiger partial charge in [0, 0.05) is 64.0 Å². The number of hydrogen-bond acceptors (Lipinski definition) is 7. The van der Waals surface area contributed by atoms with E-state index in [1.165, 1.54) is 12.1 Å². The molecular formula is C29H41FN4O5. The van der Waals surface area contributed by atoms with Crippen molar-refractivity contribution in [2.45, 2.75) is 64.1 Å². The zero-order valence-electron chi connectivity index (χ0n) is 22.9. The average Bonchev–Trinajstić information content (AvgIpc) is 2.90. The Balaban J connectivity index is 1.73. The summed E-state index contributed by atoms with van der Waals surface area (Å²) in [6.07, 6.45) is 5.14. The Morgan fingerprint density at radius 2 is 1.97 bits per heavy atom. The number of aryl methyl sites for hydroxylation is 1. The molecule has 0 aliphatic carbocycles. The maximum absolute atomic E-state index is 14.5. The molecule has 214 valence electrons. The van der Waals surface area contributed by atoms with Crippen LogP contribution in [0.1, 0.15) is 49.3 Å². The molecule has 1 unspecified atom stereocenters. The Bertz CT molecular complexity index is 1070. The van der Waals surface area contributed by atoms with Crippen molar-refractivity contribution in [3.8, 4) is 5.75 Å². The highest BCUT2D eigenvalue weighted by Gasteiger charge is 2.23. The Kier molecular flexibility index (Phi) is 12.6. The molecule has 3 rings (SSSR count). The topological polar surface area (TPSA) is 122 Å². The molecule has 0 saturated heterocycles.